The number of methoxy groups -OCH3 is 1. The van der Waals surface area contributed by atoms with Crippen LogP contribution in [0.15, 0.2) is 58.2 Å². The summed E-state index contributed by atoms with van der Waals surface area (Å²) < 4.78 is 10.9. The average Bonchev–Trinajstić information content (AvgIpc) is 3.34. The van der Waals surface area contributed by atoms with Crippen LogP contribution in [0.4, 0.5) is 5.69 Å². The number of aromatic nitrogens is 2. The Morgan fingerprint density at radius 2 is 1.88 bits per heavy atom. The molecule has 0 spiro atoms. The summed E-state index contributed by atoms with van der Waals surface area (Å²) in [6.45, 7) is 0.823. The van der Waals surface area contributed by atoms with Crippen molar-refractivity contribution in [3.05, 3.63) is 54.1 Å². The summed E-state index contributed by atoms with van der Waals surface area (Å²) in [4.78, 5) is 15.0. The van der Waals surface area contributed by atoms with Crippen molar-refractivity contribution in [2.24, 2.45) is 0 Å². The minimum Gasteiger partial charge on any atom is -0.497 e. The first kappa shape index (κ1) is 23.3. The van der Waals surface area contributed by atoms with Gasteiger partial charge in [-0.2, -0.15) is 0 Å². The Labute approximate surface area is 198 Å². The Hall–Kier alpha value is -2.84. The number of hydrogen-bond acceptors (Lipinski definition) is 7. The van der Waals surface area contributed by atoms with Gasteiger partial charge in [0, 0.05) is 23.8 Å². The molecule has 0 bridgehead atoms. The van der Waals surface area contributed by atoms with Crippen molar-refractivity contribution in [2.45, 2.75) is 49.9 Å². The van der Waals surface area contributed by atoms with Gasteiger partial charge in [0.1, 0.15) is 5.75 Å². The van der Waals surface area contributed by atoms with E-state index in [1.807, 2.05) is 42.5 Å². The number of rotatable bonds is 9. The standard InChI is InChI=1S/C25H30N4O3S/c1-29(20-9-4-3-5-10-20)16-19-8-6-7-11-22(19)26-23(30)17-33-25-28-27-24(32-25)18-12-14-21(31-2)15-13-18/h6-8,11-15,20H,3-5,9-10,16-17H2,1-2H3,(H,26,30). The first-order valence-corrected chi connectivity index (χ1v) is 12.3. The zero-order chi connectivity index (χ0) is 23.0. The van der Waals surface area contributed by atoms with Gasteiger partial charge < -0.3 is 14.5 Å². The summed E-state index contributed by atoms with van der Waals surface area (Å²) in [6, 6.07) is 16.0. The van der Waals surface area contributed by atoms with E-state index < -0.39 is 0 Å². The van der Waals surface area contributed by atoms with Crippen LogP contribution in [-0.4, -0.2) is 47.0 Å². The molecule has 8 heteroatoms. The van der Waals surface area contributed by atoms with Gasteiger partial charge >= 0.3 is 0 Å². The van der Waals surface area contributed by atoms with E-state index in [4.69, 9.17) is 9.15 Å². The maximum absolute atomic E-state index is 12.6. The van der Waals surface area contributed by atoms with Crippen LogP contribution in [0.25, 0.3) is 11.5 Å². The highest BCUT2D eigenvalue weighted by molar-refractivity contribution is 7.99. The van der Waals surface area contributed by atoms with Crippen LogP contribution < -0.4 is 10.1 Å². The van der Waals surface area contributed by atoms with E-state index in [1.54, 1.807) is 7.11 Å². The van der Waals surface area contributed by atoms with Crippen LogP contribution in [0.3, 0.4) is 0 Å². The summed E-state index contributed by atoms with van der Waals surface area (Å²) >= 11 is 1.23. The Morgan fingerprint density at radius 1 is 1.12 bits per heavy atom. The van der Waals surface area contributed by atoms with Crippen molar-refractivity contribution in [1.29, 1.82) is 0 Å². The number of amides is 1. The second kappa shape index (κ2) is 11.3. The van der Waals surface area contributed by atoms with Gasteiger partial charge in [0.25, 0.3) is 5.22 Å². The summed E-state index contributed by atoms with van der Waals surface area (Å²) in [6.07, 6.45) is 6.46. The summed E-state index contributed by atoms with van der Waals surface area (Å²) in [5.41, 5.74) is 2.79. The third-order valence-electron chi connectivity index (χ3n) is 5.98. The molecular formula is C25H30N4O3S. The molecule has 1 aliphatic carbocycles. The molecule has 33 heavy (non-hydrogen) atoms. The maximum Gasteiger partial charge on any atom is 0.277 e. The minimum atomic E-state index is -0.100. The number of carbonyl (C=O) groups is 1. The molecule has 1 aromatic heterocycles. The Bertz CT molecular complexity index is 1050. The molecule has 1 N–H and O–H groups in total. The van der Waals surface area contributed by atoms with Crippen molar-refractivity contribution < 1.29 is 13.9 Å². The number of ether oxygens (including phenoxy) is 1. The number of para-hydroxylation sites is 1. The van der Waals surface area contributed by atoms with Crippen LogP contribution in [-0.2, 0) is 11.3 Å². The molecule has 7 nitrogen and oxygen atoms in total. The predicted molar refractivity (Wildman–Crippen MR) is 130 cm³/mol. The van der Waals surface area contributed by atoms with Crippen molar-refractivity contribution in [1.82, 2.24) is 15.1 Å². The topological polar surface area (TPSA) is 80.5 Å². The monoisotopic (exact) mass is 466 g/mol. The van der Waals surface area contributed by atoms with Crippen molar-refractivity contribution >= 4 is 23.4 Å². The largest absolute Gasteiger partial charge is 0.497 e. The number of benzene rings is 2. The van der Waals surface area contributed by atoms with Gasteiger partial charge in [-0.25, -0.2) is 0 Å². The van der Waals surface area contributed by atoms with E-state index in [2.05, 4.69) is 33.5 Å². The minimum absolute atomic E-state index is 0.100. The second-order valence-electron chi connectivity index (χ2n) is 8.30. The fourth-order valence-electron chi connectivity index (χ4n) is 4.13. The zero-order valence-corrected chi connectivity index (χ0v) is 19.9. The van der Waals surface area contributed by atoms with E-state index in [0.29, 0.717) is 17.2 Å². The van der Waals surface area contributed by atoms with Crippen molar-refractivity contribution in [3.63, 3.8) is 0 Å². The lowest BCUT2D eigenvalue weighted by Gasteiger charge is -2.31. The molecule has 3 aromatic rings. The third-order valence-corrected chi connectivity index (χ3v) is 6.80. The smallest absolute Gasteiger partial charge is 0.277 e. The fourth-order valence-corrected chi connectivity index (χ4v) is 4.69. The van der Waals surface area contributed by atoms with E-state index in [1.165, 1.54) is 43.9 Å². The summed E-state index contributed by atoms with van der Waals surface area (Å²) in [5.74, 6) is 1.26. The first-order valence-electron chi connectivity index (χ1n) is 11.3. The van der Waals surface area contributed by atoms with E-state index in [9.17, 15) is 4.79 Å². The molecule has 0 unspecified atom stereocenters. The Balaban J connectivity index is 1.31. The fraction of sp³-hybridized carbons (Fsp3) is 0.400. The molecule has 1 heterocycles. The number of hydrogen-bond donors (Lipinski definition) is 1. The molecule has 1 saturated carbocycles. The second-order valence-corrected chi connectivity index (χ2v) is 9.23. The molecule has 1 aliphatic rings. The van der Waals surface area contributed by atoms with Gasteiger partial charge in [-0.1, -0.05) is 49.2 Å². The van der Waals surface area contributed by atoms with Crippen LogP contribution in [0.2, 0.25) is 0 Å². The number of carbonyl (C=O) groups excluding carboxylic acids is 1. The van der Waals surface area contributed by atoms with Gasteiger partial charge in [-0.15, -0.1) is 10.2 Å². The number of nitrogens with zero attached hydrogens (tertiary/aromatic N) is 3. The van der Waals surface area contributed by atoms with E-state index in [-0.39, 0.29) is 11.7 Å². The van der Waals surface area contributed by atoms with E-state index >= 15 is 0 Å². The van der Waals surface area contributed by atoms with Crippen LogP contribution in [0, 0.1) is 0 Å². The molecule has 0 aliphatic heterocycles. The quantitative estimate of drug-likeness (QED) is 0.432. The van der Waals surface area contributed by atoms with Crippen molar-refractivity contribution in [3.8, 4) is 17.2 Å². The first-order chi connectivity index (χ1) is 16.1. The molecule has 0 radical (unpaired) electrons. The van der Waals surface area contributed by atoms with Gasteiger partial charge in [-0.3, -0.25) is 9.69 Å². The highest BCUT2D eigenvalue weighted by atomic mass is 32.2. The lowest BCUT2D eigenvalue weighted by molar-refractivity contribution is -0.113. The normalized spacial score (nSPS) is 14.4. The van der Waals surface area contributed by atoms with Gasteiger partial charge in [0.05, 0.1) is 12.9 Å². The molecule has 1 amide bonds. The average molecular weight is 467 g/mol. The molecule has 1 fully saturated rings. The molecule has 174 valence electrons. The Kier molecular flexibility index (Phi) is 8.01. The van der Waals surface area contributed by atoms with Crippen LogP contribution in [0.5, 0.6) is 5.75 Å². The molecule has 2 aromatic carbocycles. The Morgan fingerprint density at radius 3 is 2.64 bits per heavy atom. The SMILES string of the molecule is COc1ccc(-c2nnc(SCC(=O)Nc3ccccc3CN(C)C3CCCCC3)o2)cc1. The van der Waals surface area contributed by atoms with Crippen LogP contribution >= 0.6 is 11.8 Å². The molecular weight excluding hydrogens is 436 g/mol. The number of nitrogens with one attached hydrogen (secondary N) is 1. The van der Waals surface area contributed by atoms with Gasteiger partial charge in [0.15, 0.2) is 0 Å². The van der Waals surface area contributed by atoms with Crippen LogP contribution in [0.1, 0.15) is 37.7 Å². The molecule has 0 saturated heterocycles. The zero-order valence-electron chi connectivity index (χ0n) is 19.1. The lowest BCUT2D eigenvalue weighted by Crippen LogP contribution is -2.33. The number of thioether (sulfide) groups is 1. The van der Waals surface area contributed by atoms with Gasteiger partial charge in [-0.05, 0) is 55.8 Å². The summed E-state index contributed by atoms with van der Waals surface area (Å²) in [5, 5.41) is 11.5. The highest BCUT2D eigenvalue weighted by Crippen LogP contribution is 2.27. The third kappa shape index (κ3) is 6.36. The number of anilines is 1. The van der Waals surface area contributed by atoms with E-state index in [0.717, 1.165) is 29.1 Å². The predicted octanol–water partition coefficient (Wildman–Crippen LogP) is 5.24. The maximum atomic E-state index is 12.6. The van der Waals surface area contributed by atoms with Crippen molar-refractivity contribution in [2.75, 3.05) is 25.2 Å². The molecule has 0 atom stereocenters. The highest BCUT2D eigenvalue weighted by Gasteiger charge is 2.19. The van der Waals surface area contributed by atoms with Gasteiger partial charge in [0.2, 0.25) is 11.8 Å². The molecule has 4 rings (SSSR count). The lowest BCUT2D eigenvalue weighted by atomic mass is 9.94. The summed E-state index contributed by atoms with van der Waals surface area (Å²) in [7, 11) is 3.80.